The lowest BCUT2D eigenvalue weighted by Crippen LogP contribution is -2.25. The van der Waals surface area contributed by atoms with Crippen LogP contribution < -0.4 is 5.43 Å². The van der Waals surface area contributed by atoms with Gasteiger partial charge in [-0.2, -0.15) is 0 Å². The second-order valence-electron chi connectivity index (χ2n) is 3.91. The summed E-state index contributed by atoms with van der Waals surface area (Å²) in [5.41, 5.74) is 3.36. The van der Waals surface area contributed by atoms with E-state index in [1.54, 1.807) is 11.8 Å². The van der Waals surface area contributed by atoms with Gasteiger partial charge in [0, 0.05) is 18.2 Å². The maximum atomic E-state index is 4.31. The summed E-state index contributed by atoms with van der Waals surface area (Å²) in [6.07, 6.45) is 5.26. The third-order valence-corrected chi connectivity index (χ3v) is 3.91. The molecule has 5 heteroatoms. The molecular formula is C9H14N4S. The van der Waals surface area contributed by atoms with E-state index in [1.165, 1.54) is 25.7 Å². The number of fused-ring (bicyclic) bond motifs is 1. The monoisotopic (exact) mass is 210 g/mol. The Kier molecular flexibility index (Phi) is 2.12. The second-order valence-corrected chi connectivity index (χ2v) is 4.98. The van der Waals surface area contributed by atoms with Gasteiger partial charge in [-0.1, -0.05) is 24.6 Å². The molecule has 0 amide bonds. The molecule has 14 heavy (non-hydrogen) atoms. The highest BCUT2D eigenvalue weighted by Crippen LogP contribution is 2.34. The lowest BCUT2D eigenvalue weighted by Gasteiger charge is -2.18. The van der Waals surface area contributed by atoms with Gasteiger partial charge in [-0.25, -0.2) is 4.68 Å². The van der Waals surface area contributed by atoms with Crippen molar-refractivity contribution in [3.8, 4) is 0 Å². The first-order valence-corrected chi connectivity index (χ1v) is 6.26. The fourth-order valence-corrected chi connectivity index (χ4v) is 3.03. The van der Waals surface area contributed by atoms with E-state index in [0.717, 1.165) is 23.3 Å². The lowest BCUT2D eigenvalue weighted by molar-refractivity contribution is 0.611. The van der Waals surface area contributed by atoms with Gasteiger partial charge in [-0.15, -0.1) is 10.2 Å². The Morgan fingerprint density at radius 1 is 1.29 bits per heavy atom. The normalized spacial score (nSPS) is 22.0. The zero-order valence-corrected chi connectivity index (χ0v) is 8.89. The van der Waals surface area contributed by atoms with E-state index < -0.39 is 0 Å². The van der Waals surface area contributed by atoms with E-state index in [1.807, 2.05) is 0 Å². The third kappa shape index (κ3) is 1.30. The SMILES string of the molecule is C1CCC(c2nnc3n2NCCS3)C1. The standard InChI is InChI=1S/C9H14N4S/c1-2-4-7(3-1)8-11-12-9-13(8)10-5-6-14-9/h7,10H,1-6H2. The van der Waals surface area contributed by atoms with Crippen LogP contribution in [-0.4, -0.2) is 27.2 Å². The number of aromatic nitrogens is 3. The van der Waals surface area contributed by atoms with Crippen molar-refractivity contribution < 1.29 is 0 Å². The molecule has 1 fully saturated rings. The summed E-state index contributed by atoms with van der Waals surface area (Å²) < 4.78 is 2.10. The fourth-order valence-electron chi connectivity index (χ4n) is 2.27. The van der Waals surface area contributed by atoms with Gasteiger partial charge in [0.25, 0.3) is 0 Å². The minimum Gasteiger partial charge on any atom is -0.321 e. The Morgan fingerprint density at radius 3 is 3.00 bits per heavy atom. The number of hydrogen-bond donors (Lipinski definition) is 1. The average Bonchev–Trinajstić information content (AvgIpc) is 2.85. The van der Waals surface area contributed by atoms with Crippen LogP contribution in [0.15, 0.2) is 5.16 Å². The number of hydrogen-bond acceptors (Lipinski definition) is 4. The highest BCUT2D eigenvalue weighted by atomic mass is 32.2. The van der Waals surface area contributed by atoms with Gasteiger partial charge in [-0.05, 0) is 12.8 Å². The first-order valence-electron chi connectivity index (χ1n) is 5.27. The molecule has 1 aliphatic heterocycles. The van der Waals surface area contributed by atoms with E-state index in [9.17, 15) is 0 Å². The maximum Gasteiger partial charge on any atom is 0.210 e. The molecule has 4 nitrogen and oxygen atoms in total. The van der Waals surface area contributed by atoms with Crippen molar-refractivity contribution in [2.45, 2.75) is 36.8 Å². The Hall–Kier alpha value is -0.710. The van der Waals surface area contributed by atoms with Crippen LogP contribution in [0.2, 0.25) is 0 Å². The smallest absolute Gasteiger partial charge is 0.210 e. The van der Waals surface area contributed by atoms with Crippen LogP contribution in [0.5, 0.6) is 0 Å². The van der Waals surface area contributed by atoms with Crippen molar-refractivity contribution in [3.63, 3.8) is 0 Å². The number of nitrogens with zero attached hydrogens (tertiary/aromatic N) is 3. The Balaban J connectivity index is 1.93. The highest BCUT2D eigenvalue weighted by molar-refractivity contribution is 7.99. The molecule has 0 radical (unpaired) electrons. The topological polar surface area (TPSA) is 42.7 Å². The lowest BCUT2D eigenvalue weighted by atomic mass is 10.1. The highest BCUT2D eigenvalue weighted by Gasteiger charge is 2.25. The zero-order valence-electron chi connectivity index (χ0n) is 8.07. The van der Waals surface area contributed by atoms with Crippen LogP contribution in [0.3, 0.4) is 0 Å². The summed E-state index contributed by atoms with van der Waals surface area (Å²) in [5.74, 6) is 2.90. The van der Waals surface area contributed by atoms with Gasteiger partial charge in [0.05, 0.1) is 0 Å². The zero-order chi connectivity index (χ0) is 9.38. The molecule has 0 saturated heterocycles. The Morgan fingerprint density at radius 2 is 2.14 bits per heavy atom. The van der Waals surface area contributed by atoms with Crippen molar-refractivity contribution in [3.05, 3.63) is 5.82 Å². The van der Waals surface area contributed by atoms with Gasteiger partial charge in [0.1, 0.15) is 0 Å². The van der Waals surface area contributed by atoms with Crippen molar-refractivity contribution in [2.24, 2.45) is 0 Å². The molecule has 0 atom stereocenters. The fraction of sp³-hybridized carbons (Fsp3) is 0.778. The first kappa shape index (κ1) is 8.59. The first-order chi connectivity index (χ1) is 6.95. The molecule has 1 aromatic heterocycles. The summed E-state index contributed by atoms with van der Waals surface area (Å²) in [6, 6.07) is 0. The number of thioether (sulfide) groups is 1. The summed E-state index contributed by atoms with van der Waals surface area (Å²) in [7, 11) is 0. The molecule has 0 aromatic carbocycles. The minimum atomic E-state index is 0.641. The summed E-state index contributed by atoms with van der Waals surface area (Å²) in [4.78, 5) is 0. The second kappa shape index (κ2) is 3.46. The molecule has 1 saturated carbocycles. The molecule has 0 bridgehead atoms. The van der Waals surface area contributed by atoms with Gasteiger partial charge in [-0.3, -0.25) is 0 Å². The van der Waals surface area contributed by atoms with Gasteiger partial charge >= 0.3 is 0 Å². The van der Waals surface area contributed by atoms with Gasteiger partial charge in [0.15, 0.2) is 5.82 Å². The van der Waals surface area contributed by atoms with Crippen LogP contribution in [0.1, 0.15) is 37.4 Å². The average molecular weight is 210 g/mol. The molecular weight excluding hydrogens is 196 g/mol. The van der Waals surface area contributed by atoms with Crippen molar-refractivity contribution in [1.82, 2.24) is 14.9 Å². The number of rotatable bonds is 1. The van der Waals surface area contributed by atoms with Crippen LogP contribution >= 0.6 is 11.8 Å². The van der Waals surface area contributed by atoms with Gasteiger partial charge in [0.2, 0.25) is 5.16 Å². The maximum absolute atomic E-state index is 4.31. The molecule has 1 N–H and O–H groups in total. The van der Waals surface area contributed by atoms with E-state index >= 15 is 0 Å². The molecule has 2 heterocycles. The summed E-state index contributed by atoms with van der Waals surface area (Å²) in [5, 5.41) is 9.56. The molecule has 1 aliphatic carbocycles. The van der Waals surface area contributed by atoms with Crippen LogP contribution in [0.25, 0.3) is 0 Å². The predicted octanol–water partition coefficient (Wildman–Crippen LogP) is 1.58. The van der Waals surface area contributed by atoms with E-state index in [0.29, 0.717) is 5.92 Å². The van der Waals surface area contributed by atoms with E-state index in [4.69, 9.17) is 0 Å². The summed E-state index contributed by atoms with van der Waals surface area (Å²) >= 11 is 1.80. The van der Waals surface area contributed by atoms with Crippen LogP contribution in [0.4, 0.5) is 0 Å². The number of nitrogens with one attached hydrogen (secondary N) is 1. The predicted molar refractivity (Wildman–Crippen MR) is 56.2 cm³/mol. The Labute approximate surface area is 87.4 Å². The minimum absolute atomic E-state index is 0.641. The molecule has 1 aromatic rings. The van der Waals surface area contributed by atoms with Crippen LogP contribution in [-0.2, 0) is 0 Å². The van der Waals surface area contributed by atoms with Crippen molar-refractivity contribution >= 4 is 11.8 Å². The molecule has 76 valence electrons. The molecule has 2 aliphatic rings. The quantitative estimate of drug-likeness (QED) is 0.764. The molecule has 3 rings (SSSR count). The van der Waals surface area contributed by atoms with Crippen molar-refractivity contribution in [1.29, 1.82) is 0 Å². The molecule has 0 unspecified atom stereocenters. The van der Waals surface area contributed by atoms with E-state index in [2.05, 4.69) is 20.3 Å². The Bertz CT molecular complexity index is 330. The largest absolute Gasteiger partial charge is 0.321 e. The van der Waals surface area contributed by atoms with Gasteiger partial charge < -0.3 is 5.43 Å². The summed E-state index contributed by atoms with van der Waals surface area (Å²) in [6.45, 7) is 1.02. The third-order valence-electron chi connectivity index (χ3n) is 2.98. The van der Waals surface area contributed by atoms with Crippen molar-refractivity contribution in [2.75, 3.05) is 17.7 Å². The molecule has 0 spiro atoms. The van der Waals surface area contributed by atoms with E-state index in [-0.39, 0.29) is 0 Å². The van der Waals surface area contributed by atoms with Crippen LogP contribution in [0, 0.1) is 0 Å².